The van der Waals surface area contributed by atoms with Crippen LogP contribution in [-0.4, -0.2) is 23.7 Å². The van der Waals surface area contributed by atoms with Crippen molar-refractivity contribution in [3.63, 3.8) is 0 Å². The molecule has 104 valence electrons. The number of carboxylic acid groups (broad SMARTS) is 1. The fraction of sp³-hybridized carbons (Fsp3) is 0.562. The number of rotatable bonds is 6. The predicted octanol–water partition coefficient (Wildman–Crippen LogP) is 2.63. The number of carboxylic acids is 1. The first kappa shape index (κ1) is 14.1. The number of hydrogen-bond acceptors (Lipinski definition) is 2. The van der Waals surface area contributed by atoms with Crippen molar-refractivity contribution in [2.24, 2.45) is 5.41 Å². The maximum atomic E-state index is 11.5. The molecule has 19 heavy (non-hydrogen) atoms. The van der Waals surface area contributed by atoms with Gasteiger partial charge in [-0.05, 0) is 36.8 Å². The fourth-order valence-corrected chi connectivity index (χ4v) is 2.92. The summed E-state index contributed by atoms with van der Waals surface area (Å²) in [6.45, 7) is 4.49. The van der Waals surface area contributed by atoms with Crippen molar-refractivity contribution in [3.8, 4) is 0 Å². The van der Waals surface area contributed by atoms with Crippen molar-refractivity contribution in [1.82, 2.24) is 5.32 Å². The normalized spacial score (nSPS) is 15.5. The molecule has 3 nitrogen and oxygen atoms in total. The van der Waals surface area contributed by atoms with E-state index in [-0.39, 0.29) is 0 Å². The van der Waals surface area contributed by atoms with E-state index in [2.05, 4.69) is 29.6 Å². The zero-order valence-corrected chi connectivity index (χ0v) is 11.8. The van der Waals surface area contributed by atoms with Crippen molar-refractivity contribution < 1.29 is 9.90 Å². The molecule has 0 amide bonds. The van der Waals surface area contributed by atoms with Crippen molar-refractivity contribution >= 4 is 5.97 Å². The van der Waals surface area contributed by atoms with Crippen molar-refractivity contribution in [1.29, 1.82) is 0 Å². The molecule has 0 fully saturated rings. The van der Waals surface area contributed by atoms with E-state index in [1.54, 1.807) is 0 Å². The number of fused-ring (bicyclic) bond motifs is 1. The van der Waals surface area contributed by atoms with Crippen LogP contribution in [-0.2, 0) is 17.6 Å². The summed E-state index contributed by atoms with van der Waals surface area (Å²) in [6.07, 6.45) is 3.37. The van der Waals surface area contributed by atoms with E-state index in [0.29, 0.717) is 25.4 Å². The average molecular weight is 261 g/mol. The van der Waals surface area contributed by atoms with Gasteiger partial charge in [0.25, 0.3) is 0 Å². The molecule has 3 heteroatoms. The Kier molecular flexibility index (Phi) is 4.25. The first-order valence-electron chi connectivity index (χ1n) is 7.15. The van der Waals surface area contributed by atoms with Gasteiger partial charge in [0.05, 0.1) is 5.41 Å². The second-order valence-electron chi connectivity index (χ2n) is 5.55. The summed E-state index contributed by atoms with van der Waals surface area (Å²) in [4.78, 5) is 11.5. The van der Waals surface area contributed by atoms with Crippen LogP contribution in [0, 0.1) is 5.41 Å². The number of nitrogens with one attached hydrogen (secondary N) is 1. The molecule has 2 N–H and O–H groups in total. The van der Waals surface area contributed by atoms with E-state index < -0.39 is 11.4 Å². The van der Waals surface area contributed by atoms with Gasteiger partial charge in [-0.15, -0.1) is 0 Å². The van der Waals surface area contributed by atoms with E-state index in [4.69, 9.17) is 0 Å². The van der Waals surface area contributed by atoms with Crippen molar-refractivity contribution in [2.75, 3.05) is 6.54 Å². The molecule has 1 aromatic carbocycles. The maximum Gasteiger partial charge on any atom is 0.310 e. The summed E-state index contributed by atoms with van der Waals surface area (Å²) in [5, 5.41) is 12.9. The van der Waals surface area contributed by atoms with Crippen LogP contribution in [0.5, 0.6) is 0 Å². The molecule has 0 bridgehead atoms. The first-order chi connectivity index (χ1) is 9.11. The van der Waals surface area contributed by atoms with Gasteiger partial charge in [0.15, 0.2) is 0 Å². The Bertz CT molecular complexity index is 427. The second kappa shape index (κ2) is 5.74. The zero-order chi connectivity index (χ0) is 13.9. The van der Waals surface area contributed by atoms with Crippen LogP contribution in [0.15, 0.2) is 24.3 Å². The van der Waals surface area contributed by atoms with E-state index in [1.165, 1.54) is 11.1 Å². The molecule has 1 aliphatic carbocycles. The summed E-state index contributed by atoms with van der Waals surface area (Å²) in [6, 6.07) is 8.86. The minimum atomic E-state index is -0.680. The zero-order valence-electron chi connectivity index (χ0n) is 11.8. The summed E-state index contributed by atoms with van der Waals surface area (Å²) in [5.74, 6) is -0.680. The first-order valence-corrected chi connectivity index (χ1v) is 7.15. The van der Waals surface area contributed by atoms with Gasteiger partial charge in [-0.1, -0.05) is 38.1 Å². The van der Waals surface area contributed by atoms with E-state index >= 15 is 0 Å². The minimum Gasteiger partial charge on any atom is -0.481 e. The molecule has 0 unspecified atom stereocenters. The third-order valence-electron chi connectivity index (χ3n) is 4.59. The molecule has 0 saturated carbocycles. The van der Waals surface area contributed by atoms with E-state index in [9.17, 15) is 9.90 Å². The average Bonchev–Trinajstić information content (AvgIpc) is 2.83. The lowest BCUT2D eigenvalue weighted by Crippen LogP contribution is -2.44. The molecule has 0 atom stereocenters. The van der Waals surface area contributed by atoms with Crippen molar-refractivity contribution in [3.05, 3.63) is 35.4 Å². The molecule has 1 aromatic rings. The molecule has 1 aliphatic rings. The fourth-order valence-electron chi connectivity index (χ4n) is 2.92. The summed E-state index contributed by atoms with van der Waals surface area (Å²) in [5.41, 5.74) is 2.18. The third-order valence-corrected chi connectivity index (χ3v) is 4.59. The van der Waals surface area contributed by atoms with Crippen molar-refractivity contribution in [2.45, 2.75) is 45.6 Å². The highest BCUT2D eigenvalue weighted by Gasteiger charge is 2.35. The topological polar surface area (TPSA) is 49.3 Å². The molecule has 2 rings (SSSR count). The molecule has 0 saturated heterocycles. The largest absolute Gasteiger partial charge is 0.481 e. The van der Waals surface area contributed by atoms with Gasteiger partial charge in [-0.25, -0.2) is 0 Å². The molecular weight excluding hydrogens is 238 g/mol. The van der Waals surface area contributed by atoms with Gasteiger partial charge in [0.1, 0.15) is 0 Å². The Balaban J connectivity index is 1.96. The van der Waals surface area contributed by atoms with Crippen LogP contribution in [0.3, 0.4) is 0 Å². The number of aliphatic carboxylic acids is 1. The summed E-state index contributed by atoms with van der Waals surface area (Å²) >= 11 is 0. The monoisotopic (exact) mass is 261 g/mol. The Morgan fingerprint density at radius 1 is 1.26 bits per heavy atom. The lowest BCUT2D eigenvalue weighted by molar-refractivity contribution is -0.149. The van der Waals surface area contributed by atoms with E-state index in [0.717, 1.165) is 12.8 Å². The number of benzene rings is 1. The van der Waals surface area contributed by atoms with Crippen LogP contribution in [0.25, 0.3) is 0 Å². The maximum absolute atomic E-state index is 11.5. The van der Waals surface area contributed by atoms with Crippen LogP contribution >= 0.6 is 0 Å². The van der Waals surface area contributed by atoms with Gasteiger partial charge < -0.3 is 10.4 Å². The highest BCUT2D eigenvalue weighted by atomic mass is 16.4. The summed E-state index contributed by atoms with van der Waals surface area (Å²) < 4.78 is 0. The molecule has 0 radical (unpaired) electrons. The number of carbonyl (C=O) groups is 1. The smallest absolute Gasteiger partial charge is 0.310 e. The second-order valence-corrected chi connectivity index (χ2v) is 5.55. The van der Waals surface area contributed by atoms with Gasteiger partial charge in [-0.2, -0.15) is 0 Å². The number of hydrogen-bond donors (Lipinski definition) is 2. The Hall–Kier alpha value is -1.35. The molecule has 0 aromatic heterocycles. The standard InChI is InChI=1S/C16H23NO2/c1-3-16(4-2,15(18)19)11-17-14-9-12-7-5-6-8-13(12)10-14/h5-8,14,17H,3-4,9-11H2,1-2H3,(H,18,19). The minimum absolute atomic E-state index is 0.384. The SMILES string of the molecule is CCC(CC)(CNC1Cc2ccccc2C1)C(=O)O. The van der Waals surface area contributed by atoms with Gasteiger partial charge in [-0.3, -0.25) is 4.79 Å². The van der Waals surface area contributed by atoms with Crippen LogP contribution in [0.4, 0.5) is 0 Å². The van der Waals surface area contributed by atoms with E-state index in [1.807, 2.05) is 13.8 Å². The molecule has 0 spiro atoms. The van der Waals surface area contributed by atoms with Gasteiger partial charge in [0, 0.05) is 12.6 Å². The third kappa shape index (κ3) is 2.81. The predicted molar refractivity (Wildman–Crippen MR) is 76.3 cm³/mol. The highest BCUT2D eigenvalue weighted by Crippen LogP contribution is 2.27. The Labute approximate surface area is 115 Å². The highest BCUT2D eigenvalue weighted by molar-refractivity contribution is 5.74. The lowest BCUT2D eigenvalue weighted by Gasteiger charge is -2.28. The Morgan fingerprint density at radius 2 is 1.79 bits per heavy atom. The van der Waals surface area contributed by atoms with Gasteiger partial charge in [0.2, 0.25) is 0 Å². The lowest BCUT2D eigenvalue weighted by atomic mass is 9.82. The quantitative estimate of drug-likeness (QED) is 0.827. The molecular formula is C16H23NO2. The Morgan fingerprint density at radius 3 is 2.21 bits per heavy atom. The van der Waals surface area contributed by atoms with Crippen LogP contribution in [0.1, 0.15) is 37.8 Å². The molecule has 0 aliphatic heterocycles. The van der Waals surface area contributed by atoms with Crippen LogP contribution < -0.4 is 5.32 Å². The van der Waals surface area contributed by atoms with Crippen LogP contribution in [0.2, 0.25) is 0 Å². The van der Waals surface area contributed by atoms with Gasteiger partial charge >= 0.3 is 5.97 Å². The summed E-state index contributed by atoms with van der Waals surface area (Å²) in [7, 11) is 0. The molecule has 0 heterocycles.